The third kappa shape index (κ3) is 21.7. The molecule has 2 heteroatoms. The number of allylic oxidation sites excluding steroid dienone is 1. The van der Waals surface area contributed by atoms with Crippen molar-refractivity contribution in [3.05, 3.63) is 11.6 Å². The van der Waals surface area contributed by atoms with Crippen LogP contribution >= 0.6 is 0 Å². The monoisotopic (exact) mass is 408 g/mol. The summed E-state index contributed by atoms with van der Waals surface area (Å²) in [4.78, 5) is 11.8. The van der Waals surface area contributed by atoms with Gasteiger partial charge in [0.25, 0.3) is 0 Å². The fourth-order valence-corrected chi connectivity index (χ4v) is 3.76. The SMILES string of the molecule is CCCCCCCCCC=C(CCCCCCCC)CCOC(=O)CCCCC. The van der Waals surface area contributed by atoms with Gasteiger partial charge in [-0.25, -0.2) is 0 Å². The highest BCUT2D eigenvalue weighted by atomic mass is 16.5. The lowest BCUT2D eigenvalue weighted by Crippen LogP contribution is -2.06. The number of carbonyl (C=O) groups is 1. The topological polar surface area (TPSA) is 26.3 Å². The molecule has 172 valence electrons. The molecule has 2 nitrogen and oxygen atoms in total. The molecule has 0 rings (SSSR count). The van der Waals surface area contributed by atoms with Crippen molar-refractivity contribution in [1.82, 2.24) is 0 Å². The lowest BCUT2D eigenvalue weighted by molar-refractivity contribution is -0.143. The zero-order chi connectivity index (χ0) is 21.4. The molecule has 0 spiro atoms. The normalized spacial score (nSPS) is 11.8. The summed E-state index contributed by atoms with van der Waals surface area (Å²) >= 11 is 0. The van der Waals surface area contributed by atoms with E-state index in [-0.39, 0.29) is 5.97 Å². The van der Waals surface area contributed by atoms with E-state index in [0.717, 1.165) is 25.7 Å². The first-order chi connectivity index (χ1) is 14.2. The summed E-state index contributed by atoms with van der Waals surface area (Å²) in [5.41, 5.74) is 1.52. The van der Waals surface area contributed by atoms with Gasteiger partial charge in [-0.2, -0.15) is 0 Å². The molecule has 0 bridgehead atoms. The standard InChI is InChI=1S/C27H52O2/c1-4-7-10-12-14-15-17-20-22-26(21-19-16-13-11-8-5-2)24-25-29-27(28)23-18-9-6-3/h22H,4-21,23-25H2,1-3H3. The van der Waals surface area contributed by atoms with E-state index in [4.69, 9.17) is 4.74 Å². The van der Waals surface area contributed by atoms with E-state index in [1.54, 1.807) is 0 Å². The van der Waals surface area contributed by atoms with Crippen molar-refractivity contribution in [3.8, 4) is 0 Å². The highest BCUT2D eigenvalue weighted by Crippen LogP contribution is 2.17. The van der Waals surface area contributed by atoms with Gasteiger partial charge >= 0.3 is 5.97 Å². The van der Waals surface area contributed by atoms with Crippen LogP contribution in [-0.4, -0.2) is 12.6 Å². The van der Waals surface area contributed by atoms with Gasteiger partial charge in [0.05, 0.1) is 6.61 Å². The Labute approximate surface area is 183 Å². The zero-order valence-electron chi connectivity index (χ0n) is 20.2. The number of ether oxygens (including phenoxy) is 1. The van der Waals surface area contributed by atoms with Crippen LogP contribution in [0.1, 0.15) is 149 Å². The fraction of sp³-hybridized carbons (Fsp3) is 0.889. The molecule has 0 atom stereocenters. The molecule has 0 aliphatic carbocycles. The minimum absolute atomic E-state index is 0.00977. The summed E-state index contributed by atoms with van der Waals surface area (Å²) in [6.45, 7) is 7.28. The molecule has 0 heterocycles. The lowest BCUT2D eigenvalue weighted by atomic mass is 10.0. The predicted molar refractivity (Wildman–Crippen MR) is 128 cm³/mol. The van der Waals surface area contributed by atoms with E-state index in [0.29, 0.717) is 13.0 Å². The molecule has 0 unspecified atom stereocenters. The second kappa shape index (κ2) is 23.5. The van der Waals surface area contributed by atoms with Crippen molar-refractivity contribution >= 4 is 5.97 Å². The maximum atomic E-state index is 11.8. The van der Waals surface area contributed by atoms with Crippen LogP contribution in [-0.2, 0) is 9.53 Å². The molecule has 29 heavy (non-hydrogen) atoms. The molecule has 0 aliphatic rings. The van der Waals surface area contributed by atoms with Crippen molar-refractivity contribution in [2.24, 2.45) is 0 Å². The van der Waals surface area contributed by atoms with Crippen LogP contribution in [0, 0.1) is 0 Å². The summed E-state index contributed by atoms with van der Waals surface area (Å²) in [5.74, 6) is -0.00977. The molecule has 0 aromatic heterocycles. The van der Waals surface area contributed by atoms with Crippen molar-refractivity contribution in [2.45, 2.75) is 149 Å². The van der Waals surface area contributed by atoms with Crippen LogP contribution in [0.2, 0.25) is 0 Å². The van der Waals surface area contributed by atoms with Crippen molar-refractivity contribution < 1.29 is 9.53 Å². The van der Waals surface area contributed by atoms with Gasteiger partial charge in [0.2, 0.25) is 0 Å². The Bertz CT molecular complexity index is 373. The van der Waals surface area contributed by atoms with Crippen LogP contribution in [0.15, 0.2) is 11.6 Å². The molecular weight excluding hydrogens is 356 g/mol. The molecule has 0 saturated carbocycles. The minimum atomic E-state index is -0.00977. The first-order valence-corrected chi connectivity index (χ1v) is 13.1. The first-order valence-electron chi connectivity index (χ1n) is 13.1. The highest BCUT2D eigenvalue weighted by molar-refractivity contribution is 5.69. The molecule has 0 radical (unpaired) electrons. The number of hydrogen-bond donors (Lipinski definition) is 0. The third-order valence-corrected chi connectivity index (χ3v) is 5.76. The average Bonchev–Trinajstić information content (AvgIpc) is 2.72. The van der Waals surface area contributed by atoms with E-state index >= 15 is 0 Å². The van der Waals surface area contributed by atoms with Gasteiger partial charge < -0.3 is 4.74 Å². The minimum Gasteiger partial charge on any atom is -0.465 e. The molecule has 0 saturated heterocycles. The molecule has 0 amide bonds. The lowest BCUT2D eigenvalue weighted by Gasteiger charge is -2.10. The molecule has 0 fully saturated rings. The summed E-state index contributed by atoms with van der Waals surface area (Å²) in [7, 11) is 0. The molecule has 0 N–H and O–H groups in total. The van der Waals surface area contributed by atoms with Gasteiger partial charge in [0, 0.05) is 12.8 Å². The average molecular weight is 409 g/mol. The van der Waals surface area contributed by atoms with Gasteiger partial charge in [0.15, 0.2) is 0 Å². The Balaban J connectivity index is 4.08. The van der Waals surface area contributed by atoms with E-state index in [1.807, 2.05) is 0 Å². The molecule has 0 aromatic carbocycles. The first kappa shape index (κ1) is 28.2. The van der Waals surface area contributed by atoms with Crippen LogP contribution in [0.3, 0.4) is 0 Å². The van der Waals surface area contributed by atoms with Crippen molar-refractivity contribution in [3.63, 3.8) is 0 Å². The Morgan fingerprint density at radius 2 is 1.07 bits per heavy atom. The zero-order valence-corrected chi connectivity index (χ0v) is 20.2. The van der Waals surface area contributed by atoms with Gasteiger partial charge in [-0.05, 0) is 32.1 Å². The smallest absolute Gasteiger partial charge is 0.305 e. The Hall–Kier alpha value is -0.790. The van der Waals surface area contributed by atoms with Gasteiger partial charge in [0.1, 0.15) is 0 Å². The second-order valence-corrected chi connectivity index (χ2v) is 8.72. The second-order valence-electron chi connectivity index (χ2n) is 8.72. The van der Waals surface area contributed by atoms with E-state index in [2.05, 4.69) is 26.8 Å². The molecular formula is C27H52O2. The van der Waals surface area contributed by atoms with Crippen molar-refractivity contribution in [2.75, 3.05) is 6.61 Å². The maximum Gasteiger partial charge on any atom is 0.305 e. The summed E-state index contributed by atoms with van der Waals surface area (Å²) in [5, 5.41) is 0. The quantitative estimate of drug-likeness (QED) is 0.101. The van der Waals surface area contributed by atoms with Gasteiger partial charge in [-0.15, -0.1) is 0 Å². The highest BCUT2D eigenvalue weighted by Gasteiger charge is 2.04. The number of carbonyl (C=O) groups excluding carboxylic acids is 1. The Kier molecular flexibility index (Phi) is 22.8. The van der Waals surface area contributed by atoms with E-state index < -0.39 is 0 Å². The summed E-state index contributed by atoms with van der Waals surface area (Å²) in [6, 6.07) is 0. The van der Waals surface area contributed by atoms with Crippen molar-refractivity contribution in [1.29, 1.82) is 0 Å². The Morgan fingerprint density at radius 3 is 1.69 bits per heavy atom. The third-order valence-electron chi connectivity index (χ3n) is 5.76. The van der Waals surface area contributed by atoms with Crippen LogP contribution in [0.25, 0.3) is 0 Å². The number of hydrogen-bond acceptors (Lipinski definition) is 2. The molecule has 0 aromatic rings. The van der Waals surface area contributed by atoms with Gasteiger partial charge in [-0.1, -0.05) is 116 Å². The molecule has 0 aliphatic heterocycles. The number of esters is 1. The van der Waals surface area contributed by atoms with Crippen LogP contribution in [0.4, 0.5) is 0 Å². The summed E-state index contributed by atoms with van der Waals surface area (Å²) < 4.78 is 5.48. The van der Waals surface area contributed by atoms with Crippen LogP contribution in [0.5, 0.6) is 0 Å². The fourth-order valence-electron chi connectivity index (χ4n) is 3.76. The van der Waals surface area contributed by atoms with E-state index in [1.165, 1.54) is 102 Å². The van der Waals surface area contributed by atoms with Crippen LogP contribution < -0.4 is 0 Å². The van der Waals surface area contributed by atoms with Gasteiger partial charge in [-0.3, -0.25) is 4.79 Å². The number of unbranched alkanes of at least 4 members (excludes halogenated alkanes) is 14. The number of rotatable bonds is 22. The summed E-state index contributed by atoms with van der Waals surface area (Å²) in [6.07, 6.45) is 27.2. The van der Waals surface area contributed by atoms with E-state index in [9.17, 15) is 4.79 Å². The largest absolute Gasteiger partial charge is 0.465 e. The predicted octanol–water partition coefficient (Wildman–Crippen LogP) is 9.32. The maximum absolute atomic E-state index is 11.8. The Morgan fingerprint density at radius 1 is 0.586 bits per heavy atom.